The molecule has 0 heterocycles. The van der Waals surface area contributed by atoms with E-state index in [4.69, 9.17) is 10.00 Å². The van der Waals surface area contributed by atoms with Gasteiger partial charge >= 0.3 is 0 Å². The minimum Gasteiger partial charge on any atom is -0.478 e. The Morgan fingerprint density at radius 1 is 1.25 bits per heavy atom. The number of ether oxygens (including phenoxy) is 1. The van der Waals surface area contributed by atoms with Gasteiger partial charge in [-0.2, -0.15) is 5.26 Å². The summed E-state index contributed by atoms with van der Waals surface area (Å²) in [6.45, 7) is 2.16. The van der Waals surface area contributed by atoms with E-state index in [1.165, 1.54) is 6.92 Å². The van der Waals surface area contributed by atoms with Crippen LogP contribution in [0.15, 0.2) is 36.4 Å². The fourth-order valence-electron chi connectivity index (χ4n) is 2.17. The molecule has 2 aromatic rings. The van der Waals surface area contributed by atoms with Gasteiger partial charge < -0.3 is 10.1 Å². The van der Waals surface area contributed by atoms with Crippen LogP contribution in [0.3, 0.4) is 0 Å². The third-order valence-corrected chi connectivity index (χ3v) is 3.03. The van der Waals surface area contributed by atoms with Crippen molar-refractivity contribution in [3.05, 3.63) is 42.0 Å². The molecule has 0 bridgehead atoms. The molecule has 20 heavy (non-hydrogen) atoms. The van der Waals surface area contributed by atoms with Crippen LogP contribution in [0.4, 0.5) is 0 Å². The van der Waals surface area contributed by atoms with Crippen molar-refractivity contribution in [1.29, 1.82) is 5.26 Å². The van der Waals surface area contributed by atoms with E-state index in [0.717, 1.165) is 22.8 Å². The van der Waals surface area contributed by atoms with Crippen molar-refractivity contribution in [2.75, 3.05) is 13.2 Å². The van der Waals surface area contributed by atoms with E-state index >= 15 is 0 Å². The van der Waals surface area contributed by atoms with Gasteiger partial charge in [0.15, 0.2) is 6.61 Å². The zero-order valence-corrected chi connectivity index (χ0v) is 11.3. The Labute approximate surface area is 118 Å². The molecule has 0 unspecified atom stereocenters. The standard InChI is InChI=1S/C16H16N2O2/c1-12(19)18-10-8-13-4-2-6-15-14(13)5-3-7-16(15)20-11-9-17/h2-7H,8,10-11H2,1H3,(H,18,19). The second-order valence-electron chi connectivity index (χ2n) is 4.45. The number of nitrogens with one attached hydrogen (secondary N) is 1. The number of nitriles is 1. The summed E-state index contributed by atoms with van der Waals surface area (Å²) in [5.41, 5.74) is 1.15. The molecule has 2 aromatic carbocycles. The lowest BCUT2D eigenvalue weighted by atomic mass is 10.0. The molecule has 0 spiro atoms. The highest BCUT2D eigenvalue weighted by molar-refractivity contribution is 5.91. The van der Waals surface area contributed by atoms with Gasteiger partial charge in [-0.25, -0.2) is 0 Å². The van der Waals surface area contributed by atoms with Crippen molar-refractivity contribution in [3.8, 4) is 11.8 Å². The molecular weight excluding hydrogens is 252 g/mol. The Morgan fingerprint density at radius 3 is 2.75 bits per heavy atom. The molecule has 0 aliphatic carbocycles. The largest absolute Gasteiger partial charge is 0.478 e. The first-order valence-corrected chi connectivity index (χ1v) is 6.47. The molecule has 0 aliphatic heterocycles. The van der Waals surface area contributed by atoms with E-state index < -0.39 is 0 Å². The van der Waals surface area contributed by atoms with Crippen LogP contribution in [-0.2, 0) is 11.2 Å². The molecule has 0 aromatic heterocycles. The first-order chi connectivity index (χ1) is 9.72. The summed E-state index contributed by atoms with van der Waals surface area (Å²) in [6.07, 6.45) is 0.763. The van der Waals surface area contributed by atoms with Gasteiger partial charge in [-0.1, -0.05) is 30.3 Å². The fraction of sp³-hybridized carbons (Fsp3) is 0.250. The van der Waals surface area contributed by atoms with E-state index in [1.54, 1.807) is 0 Å². The summed E-state index contributed by atoms with van der Waals surface area (Å²) in [5.74, 6) is 0.689. The number of fused-ring (bicyclic) bond motifs is 1. The van der Waals surface area contributed by atoms with E-state index in [1.807, 2.05) is 42.5 Å². The zero-order valence-electron chi connectivity index (χ0n) is 11.3. The van der Waals surface area contributed by atoms with E-state index in [2.05, 4.69) is 5.32 Å². The van der Waals surface area contributed by atoms with Crippen LogP contribution in [0.1, 0.15) is 12.5 Å². The highest BCUT2D eigenvalue weighted by Gasteiger charge is 2.06. The molecule has 1 N–H and O–H groups in total. The van der Waals surface area contributed by atoms with Crippen molar-refractivity contribution >= 4 is 16.7 Å². The highest BCUT2D eigenvalue weighted by Crippen LogP contribution is 2.28. The number of benzene rings is 2. The maximum atomic E-state index is 10.9. The Balaban J connectivity index is 2.28. The average molecular weight is 268 g/mol. The molecule has 4 heteroatoms. The summed E-state index contributed by atoms with van der Waals surface area (Å²) in [7, 11) is 0. The minimum absolute atomic E-state index is 0.0247. The minimum atomic E-state index is -0.0247. The van der Waals surface area contributed by atoms with Crippen molar-refractivity contribution < 1.29 is 9.53 Å². The molecule has 0 aliphatic rings. The van der Waals surface area contributed by atoms with Gasteiger partial charge in [0.2, 0.25) is 5.91 Å². The quantitative estimate of drug-likeness (QED) is 0.905. The number of nitrogens with zero attached hydrogens (tertiary/aromatic N) is 1. The van der Waals surface area contributed by atoms with E-state index in [-0.39, 0.29) is 12.5 Å². The van der Waals surface area contributed by atoms with Crippen LogP contribution in [-0.4, -0.2) is 19.1 Å². The van der Waals surface area contributed by atoms with Crippen LogP contribution in [0.2, 0.25) is 0 Å². The number of carbonyl (C=O) groups is 1. The summed E-state index contributed by atoms with van der Waals surface area (Å²) >= 11 is 0. The molecule has 4 nitrogen and oxygen atoms in total. The molecule has 102 valence electrons. The van der Waals surface area contributed by atoms with Crippen LogP contribution in [0.5, 0.6) is 5.75 Å². The van der Waals surface area contributed by atoms with Gasteiger partial charge in [0.05, 0.1) is 0 Å². The Bertz CT molecular complexity index is 659. The van der Waals surface area contributed by atoms with Crippen LogP contribution >= 0.6 is 0 Å². The zero-order chi connectivity index (χ0) is 14.4. The lowest BCUT2D eigenvalue weighted by Gasteiger charge is -2.10. The number of hydrogen-bond acceptors (Lipinski definition) is 3. The summed E-state index contributed by atoms with van der Waals surface area (Å²) in [5, 5.41) is 13.5. The van der Waals surface area contributed by atoms with Gasteiger partial charge in [0.1, 0.15) is 11.8 Å². The van der Waals surface area contributed by atoms with Crippen LogP contribution in [0.25, 0.3) is 10.8 Å². The predicted molar refractivity (Wildman–Crippen MR) is 77.4 cm³/mol. The van der Waals surface area contributed by atoms with Crippen molar-refractivity contribution in [2.45, 2.75) is 13.3 Å². The van der Waals surface area contributed by atoms with Crippen molar-refractivity contribution in [3.63, 3.8) is 0 Å². The molecule has 0 fully saturated rings. The summed E-state index contributed by atoms with van der Waals surface area (Å²) in [6, 6.07) is 13.7. The topological polar surface area (TPSA) is 62.1 Å². The van der Waals surface area contributed by atoms with Crippen LogP contribution < -0.4 is 10.1 Å². The molecule has 0 saturated carbocycles. The van der Waals surface area contributed by atoms with Crippen LogP contribution in [0, 0.1) is 11.3 Å². The number of amides is 1. The van der Waals surface area contributed by atoms with Gasteiger partial charge in [0, 0.05) is 18.9 Å². The third-order valence-electron chi connectivity index (χ3n) is 3.03. The monoisotopic (exact) mass is 268 g/mol. The summed E-state index contributed by atoms with van der Waals surface area (Å²) in [4.78, 5) is 10.9. The maximum Gasteiger partial charge on any atom is 0.216 e. The first kappa shape index (κ1) is 13.9. The van der Waals surface area contributed by atoms with E-state index in [9.17, 15) is 4.79 Å². The molecule has 0 saturated heterocycles. The summed E-state index contributed by atoms with van der Waals surface area (Å²) < 4.78 is 5.44. The smallest absolute Gasteiger partial charge is 0.216 e. The maximum absolute atomic E-state index is 10.9. The molecule has 0 radical (unpaired) electrons. The van der Waals surface area contributed by atoms with Gasteiger partial charge in [-0.3, -0.25) is 4.79 Å². The number of carbonyl (C=O) groups excluding carboxylic acids is 1. The van der Waals surface area contributed by atoms with E-state index in [0.29, 0.717) is 12.3 Å². The Morgan fingerprint density at radius 2 is 2.00 bits per heavy atom. The Kier molecular flexibility index (Phi) is 4.56. The normalized spacial score (nSPS) is 10.0. The van der Waals surface area contributed by atoms with Crippen molar-refractivity contribution in [1.82, 2.24) is 5.32 Å². The predicted octanol–water partition coefficient (Wildman–Crippen LogP) is 2.42. The van der Waals surface area contributed by atoms with Crippen molar-refractivity contribution in [2.24, 2.45) is 0 Å². The molecular formula is C16H16N2O2. The molecule has 0 atom stereocenters. The second kappa shape index (κ2) is 6.58. The van der Waals surface area contributed by atoms with Gasteiger partial charge in [0.25, 0.3) is 0 Å². The lowest BCUT2D eigenvalue weighted by molar-refractivity contribution is -0.118. The number of hydrogen-bond donors (Lipinski definition) is 1. The number of rotatable bonds is 5. The van der Waals surface area contributed by atoms with Gasteiger partial charge in [-0.05, 0) is 23.4 Å². The Hall–Kier alpha value is -2.54. The van der Waals surface area contributed by atoms with Gasteiger partial charge in [-0.15, -0.1) is 0 Å². The second-order valence-corrected chi connectivity index (χ2v) is 4.45. The highest BCUT2D eigenvalue weighted by atomic mass is 16.5. The molecule has 1 amide bonds. The third kappa shape index (κ3) is 3.27. The lowest BCUT2D eigenvalue weighted by Crippen LogP contribution is -2.22. The molecule has 2 rings (SSSR count). The average Bonchev–Trinajstić information content (AvgIpc) is 2.45. The fourth-order valence-corrected chi connectivity index (χ4v) is 2.17. The SMILES string of the molecule is CC(=O)NCCc1cccc2c(OCC#N)cccc12. The first-order valence-electron chi connectivity index (χ1n) is 6.47.